The molecule has 490 valence electrons. The van der Waals surface area contributed by atoms with Gasteiger partial charge >= 0.3 is 5.69 Å². The van der Waals surface area contributed by atoms with Crippen LogP contribution < -0.4 is 55.3 Å². The Kier molecular flexibility index (Phi) is 24.2. The summed E-state index contributed by atoms with van der Waals surface area (Å²) in [6, 6.07) is 11.4. The van der Waals surface area contributed by atoms with Crippen molar-refractivity contribution < 1.29 is 9.59 Å². The first-order valence-electron chi connectivity index (χ1n) is 30.2. The first kappa shape index (κ1) is 71.5. The fourth-order valence-corrected chi connectivity index (χ4v) is 9.08. The maximum atomic E-state index is 11.5. The average molecular weight is 1250 g/mol. The number of nitrogens with one attached hydrogen (secondary N) is 4. The number of aromatic nitrogens is 12. The summed E-state index contributed by atoms with van der Waals surface area (Å²) in [5, 5.41) is 8.92. The number of aryl methyl sites for hydroxylation is 1. The molecule has 0 fully saturated rings. The molecule has 0 saturated heterocycles. The zero-order chi connectivity index (χ0) is 68.1. The van der Waals surface area contributed by atoms with Crippen LogP contribution in [0.15, 0.2) is 137 Å². The lowest BCUT2D eigenvalue weighted by Crippen LogP contribution is -2.51. The SMILES string of the molecule is C=C1NC(=O)C(C)=CN1C(C)C.C=C1NC(=O)C=CN1C(C)C.CC(C)(C)n1ccc(N)nc1=O.CC(C)N1NC(N)=Nc2c1ncn2C(C)C.CC(C)n1ccc2c(N)ccnc21.CC(C)n1cnc2c(N)ccnc21.Cc1nc2c(ccn2C(C)C)c(=O)[nH]1. The molecule has 0 unspecified atom stereocenters. The highest BCUT2D eigenvalue weighted by molar-refractivity contribution is 5.95. The van der Waals surface area contributed by atoms with Crippen LogP contribution in [0.1, 0.15) is 155 Å². The quantitative estimate of drug-likeness (QED) is 0.0737. The second-order valence-electron chi connectivity index (χ2n) is 24.6. The molecular formula is C64H95N23O4. The number of hydrazine groups is 1. The number of hydrogen-bond donors (Lipinski definition) is 8. The monoisotopic (exact) mass is 1250 g/mol. The number of fused-ring (bicyclic) bond motifs is 4. The van der Waals surface area contributed by atoms with Crippen LogP contribution in [0.5, 0.6) is 0 Å². The Hall–Kier alpha value is -10.2. The average Bonchev–Trinajstić information content (AvgIpc) is 1.71. The number of nitrogens with zero attached hydrogens (tertiary/aromatic N) is 15. The number of nitrogens with two attached hydrogens (primary N) is 4. The summed E-state index contributed by atoms with van der Waals surface area (Å²) in [6.07, 6.45) is 17.7. The van der Waals surface area contributed by atoms with Gasteiger partial charge in [-0.2, -0.15) is 9.98 Å². The van der Waals surface area contributed by atoms with Gasteiger partial charge in [-0.15, -0.1) is 0 Å². The molecule has 0 aromatic carbocycles. The predicted octanol–water partition coefficient (Wildman–Crippen LogP) is 9.14. The lowest BCUT2D eigenvalue weighted by atomic mass is 10.1. The molecule has 3 aliphatic rings. The largest absolute Gasteiger partial charge is 0.398 e. The van der Waals surface area contributed by atoms with Gasteiger partial charge in [0.2, 0.25) is 5.96 Å². The number of aliphatic imine (C=N–C) groups is 1. The number of carbonyl (C=O) groups is 2. The fourth-order valence-electron chi connectivity index (χ4n) is 9.08. The van der Waals surface area contributed by atoms with Gasteiger partial charge in [0.25, 0.3) is 17.4 Å². The molecule has 8 aromatic rings. The van der Waals surface area contributed by atoms with Crippen LogP contribution in [0.2, 0.25) is 0 Å². The van der Waals surface area contributed by atoms with Crippen LogP contribution in [-0.4, -0.2) is 103 Å². The number of amides is 2. The first-order chi connectivity index (χ1) is 42.5. The van der Waals surface area contributed by atoms with Crippen molar-refractivity contribution >= 4 is 79.8 Å². The van der Waals surface area contributed by atoms with Crippen molar-refractivity contribution in [2.24, 2.45) is 10.7 Å². The van der Waals surface area contributed by atoms with E-state index >= 15 is 0 Å². The molecule has 0 aliphatic carbocycles. The summed E-state index contributed by atoms with van der Waals surface area (Å²) in [7, 11) is 0. The van der Waals surface area contributed by atoms with Crippen LogP contribution in [-0.2, 0) is 15.1 Å². The molecule has 27 heteroatoms. The molecule has 27 nitrogen and oxygen atoms in total. The normalized spacial score (nSPS) is 13.7. The van der Waals surface area contributed by atoms with Gasteiger partial charge in [-0.3, -0.25) is 29.4 Å². The zero-order valence-corrected chi connectivity index (χ0v) is 56.3. The van der Waals surface area contributed by atoms with Crippen LogP contribution in [0, 0.1) is 6.92 Å². The molecule has 2 amide bonds. The molecule has 0 spiro atoms. The minimum absolute atomic E-state index is 0.0584. The molecule has 0 radical (unpaired) electrons. The fraction of sp³-hybridized carbons (Fsp3) is 0.422. The van der Waals surface area contributed by atoms with E-state index in [1.807, 2.05) is 108 Å². The van der Waals surface area contributed by atoms with Gasteiger partial charge in [-0.05, 0) is 162 Å². The predicted molar refractivity (Wildman–Crippen MR) is 366 cm³/mol. The number of pyridine rings is 2. The first-order valence-corrected chi connectivity index (χ1v) is 30.2. The van der Waals surface area contributed by atoms with E-state index in [-0.39, 0.29) is 40.5 Å². The Morgan fingerprint density at radius 2 is 1.11 bits per heavy atom. The number of hydrogen-bond acceptors (Lipinski definition) is 19. The molecule has 91 heavy (non-hydrogen) atoms. The van der Waals surface area contributed by atoms with Crippen molar-refractivity contribution in [1.29, 1.82) is 0 Å². The van der Waals surface area contributed by atoms with E-state index in [2.05, 4.69) is 143 Å². The maximum Gasteiger partial charge on any atom is 0.349 e. The summed E-state index contributed by atoms with van der Waals surface area (Å²) in [5.74, 6) is 4.11. The number of anilines is 4. The van der Waals surface area contributed by atoms with Crippen molar-refractivity contribution in [2.45, 2.75) is 179 Å². The van der Waals surface area contributed by atoms with E-state index in [9.17, 15) is 19.2 Å². The Balaban J connectivity index is 0.000000193. The number of guanidine groups is 1. The van der Waals surface area contributed by atoms with Crippen molar-refractivity contribution in [1.82, 2.24) is 83.6 Å². The topological polar surface area (TPSA) is 348 Å². The second-order valence-corrected chi connectivity index (χ2v) is 24.6. The van der Waals surface area contributed by atoms with E-state index in [1.165, 1.54) is 6.08 Å². The highest BCUT2D eigenvalue weighted by Gasteiger charge is 2.26. The molecule has 11 rings (SSSR count). The van der Waals surface area contributed by atoms with Gasteiger partial charge in [0, 0.05) is 114 Å². The summed E-state index contributed by atoms with van der Waals surface area (Å²) in [6.45, 7) is 45.9. The van der Waals surface area contributed by atoms with E-state index in [0.29, 0.717) is 70.8 Å². The van der Waals surface area contributed by atoms with Crippen molar-refractivity contribution in [3.05, 3.63) is 149 Å². The van der Waals surface area contributed by atoms with Crippen LogP contribution in [0.25, 0.3) is 33.2 Å². The van der Waals surface area contributed by atoms with Crippen LogP contribution >= 0.6 is 0 Å². The number of rotatable bonds is 7. The van der Waals surface area contributed by atoms with E-state index in [4.69, 9.17) is 22.9 Å². The molecule has 12 N–H and O–H groups in total. The van der Waals surface area contributed by atoms with E-state index in [0.717, 1.165) is 50.7 Å². The number of nitrogen functional groups attached to an aromatic ring is 3. The minimum atomic E-state index is -0.303. The molecular weight excluding hydrogens is 1150 g/mol. The summed E-state index contributed by atoms with van der Waals surface area (Å²) in [5.41, 5.74) is 30.7. The molecule has 3 aliphatic heterocycles. The molecule has 8 aromatic heterocycles. The number of carbonyl (C=O) groups excluding carboxylic acids is 2. The Morgan fingerprint density at radius 1 is 0.560 bits per heavy atom. The lowest BCUT2D eigenvalue weighted by molar-refractivity contribution is -0.118. The van der Waals surface area contributed by atoms with Crippen molar-refractivity contribution in [2.75, 3.05) is 22.2 Å². The Labute approximate surface area is 532 Å². The third-order valence-corrected chi connectivity index (χ3v) is 13.9. The number of imidazole rings is 2. The smallest absolute Gasteiger partial charge is 0.349 e. The third kappa shape index (κ3) is 18.4. The highest BCUT2D eigenvalue weighted by Crippen LogP contribution is 2.32. The minimum Gasteiger partial charge on any atom is -0.398 e. The standard InChI is InChI=1S/C10H18N6.C10H13N3O.C10H13N3.C9H12N4.C9H14N2O.C8H13N3O.C8H12N2O/c1-6(2)15-5-12-8-9(15)13-10(11)14-16(8)7(3)4;1-6(2)13-5-4-8-9(13)11-7(3)12-10(8)14;1-7(2)13-6-4-8-9(11)3-5-12-10(8)13;1-6(2)13-5-12-8-7(10)3-4-11-9(8)13;1-6(2)11-5-7(3)9(12)10-8(11)4;1-8(2,3)11-5-4-6(9)10-7(11)12;1-6(2)10-5-4-8(11)9-7(10)3/h5-7H,1-4H3,(H3,11,13,14);4-6H,1-3H3,(H,11,12,14);3-7H,1-2H3,(H2,11,12);3-6H,1-2H3,(H2,10,11);5-6H,4H2,1-3H3,(H,10,12);4-5H,1-3H3,(H2,9,10,12);4-6H,3H2,1-2H3,(H,9,11). The lowest BCUT2D eigenvalue weighted by Gasteiger charge is -2.31. The molecule has 0 bridgehead atoms. The summed E-state index contributed by atoms with van der Waals surface area (Å²) >= 11 is 0. The maximum absolute atomic E-state index is 11.5. The van der Waals surface area contributed by atoms with Gasteiger partial charge in [0.05, 0.1) is 23.7 Å². The highest BCUT2D eigenvalue weighted by atomic mass is 16.2. The summed E-state index contributed by atoms with van der Waals surface area (Å²) < 4.78 is 9.68. The molecule has 11 heterocycles. The number of H-pyrrole nitrogens is 1. The molecule has 0 saturated carbocycles. The van der Waals surface area contributed by atoms with Crippen molar-refractivity contribution in [3.63, 3.8) is 0 Å². The second kappa shape index (κ2) is 30.8. The Bertz CT molecular complexity index is 3960. The van der Waals surface area contributed by atoms with Gasteiger partial charge in [-0.25, -0.2) is 29.7 Å². The summed E-state index contributed by atoms with van der Waals surface area (Å²) in [4.78, 5) is 80.6. The van der Waals surface area contributed by atoms with Gasteiger partial charge < -0.3 is 66.6 Å². The Morgan fingerprint density at radius 3 is 1.66 bits per heavy atom. The zero-order valence-electron chi connectivity index (χ0n) is 56.3. The van der Waals surface area contributed by atoms with Gasteiger partial charge in [-0.1, -0.05) is 13.2 Å². The van der Waals surface area contributed by atoms with Crippen LogP contribution in [0.3, 0.4) is 0 Å². The number of aromatic amines is 1. The van der Waals surface area contributed by atoms with Gasteiger partial charge in [0.1, 0.15) is 40.1 Å². The molecule has 0 atom stereocenters. The van der Waals surface area contributed by atoms with Crippen LogP contribution in [0.4, 0.5) is 28.8 Å². The third-order valence-electron chi connectivity index (χ3n) is 13.9. The van der Waals surface area contributed by atoms with Gasteiger partial charge in [0.15, 0.2) is 17.3 Å². The van der Waals surface area contributed by atoms with E-state index in [1.54, 1.807) is 74.1 Å². The van der Waals surface area contributed by atoms with Crippen molar-refractivity contribution in [3.8, 4) is 0 Å². The van der Waals surface area contributed by atoms with E-state index < -0.39 is 0 Å².